The Labute approximate surface area is 78.5 Å². The molecule has 4 nitrogen and oxygen atoms in total. The lowest BCUT2D eigenvalue weighted by Gasteiger charge is -2.04. The van der Waals surface area contributed by atoms with Crippen LogP contribution in [0.2, 0.25) is 0 Å². The average molecular weight is 232 g/mol. The van der Waals surface area contributed by atoms with Crippen molar-refractivity contribution < 1.29 is 14.8 Å². The van der Waals surface area contributed by atoms with E-state index < -0.39 is 7.12 Å². The third-order valence-corrected chi connectivity index (χ3v) is 1.94. The number of aromatic nitrogens is 1. The monoisotopic (exact) mass is 231 g/mol. The molecular formula is C6H7BBrNO3. The van der Waals surface area contributed by atoms with Crippen LogP contribution in [0.15, 0.2) is 16.9 Å². The first-order chi connectivity index (χ1) is 5.65. The highest BCUT2D eigenvalue weighted by molar-refractivity contribution is 9.10. The fourth-order valence-corrected chi connectivity index (χ4v) is 1.11. The van der Waals surface area contributed by atoms with Crippen molar-refractivity contribution in [1.82, 2.24) is 4.98 Å². The summed E-state index contributed by atoms with van der Waals surface area (Å²) < 4.78 is 5.44. The van der Waals surface area contributed by atoms with Crippen LogP contribution in [0, 0.1) is 0 Å². The van der Waals surface area contributed by atoms with Crippen LogP contribution in [0.3, 0.4) is 0 Å². The molecule has 0 bridgehead atoms. The van der Waals surface area contributed by atoms with Gasteiger partial charge in [-0.15, -0.1) is 0 Å². The normalized spacial score (nSPS) is 9.67. The number of halogens is 1. The van der Waals surface area contributed by atoms with Gasteiger partial charge in [0.25, 0.3) is 0 Å². The summed E-state index contributed by atoms with van der Waals surface area (Å²) in [6.07, 6.45) is 1.36. The minimum Gasteiger partial charge on any atom is -0.494 e. The van der Waals surface area contributed by atoms with Crippen molar-refractivity contribution in [3.63, 3.8) is 0 Å². The Hall–Kier alpha value is -0.585. The van der Waals surface area contributed by atoms with Crippen LogP contribution < -0.4 is 10.2 Å². The molecule has 0 saturated carbocycles. The molecule has 0 aliphatic rings. The summed E-state index contributed by atoms with van der Waals surface area (Å²) in [6.45, 7) is 0. The van der Waals surface area contributed by atoms with Crippen molar-refractivity contribution in [2.45, 2.75) is 0 Å². The highest BCUT2D eigenvalue weighted by Crippen LogP contribution is 2.19. The van der Waals surface area contributed by atoms with Gasteiger partial charge in [-0.2, -0.15) is 0 Å². The average Bonchev–Trinajstić information content (AvgIpc) is 2.05. The second kappa shape index (κ2) is 3.89. The molecule has 1 aromatic rings. The van der Waals surface area contributed by atoms with Crippen LogP contribution in [0.25, 0.3) is 0 Å². The Morgan fingerprint density at radius 3 is 2.75 bits per heavy atom. The maximum atomic E-state index is 8.78. The van der Waals surface area contributed by atoms with Gasteiger partial charge in [0, 0.05) is 11.7 Å². The van der Waals surface area contributed by atoms with Crippen LogP contribution in [0.5, 0.6) is 5.75 Å². The predicted molar refractivity (Wildman–Crippen MR) is 48.3 cm³/mol. The summed E-state index contributed by atoms with van der Waals surface area (Å²) in [6, 6.07) is 1.50. The molecule has 1 rings (SSSR count). The Morgan fingerprint density at radius 2 is 2.25 bits per heavy atom. The molecule has 0 amide bonds. The van der Waals surface area contributed by atoms with E-state index in [0.29, 0.717) is 15.8 Å². The zero-order valence-electron chi connectivity index (χ0n) is 6.36. The van der Waals surface area contributed by atoms with E-state index in [1.807, 2.05) is 0 Å². The van der Waals surface area contributed by atoms with Crippen LogP contribution in [0.1, 0.15) is 0 Å². The fraction of sp³-hybridized carbons (Fsp3) is 0.167. The van der Waals surface area contributed by atoms with Crippen molar-refractivity contribution in [1.29, 1.82) is 0 Å². The molecule has 0 saturated heterocycles. The van der Waals surface area contributed by atoms with Gasteiger partial charge in [-0.3, -0.25) is 0 Å². The summed E-state index contributed by atoms with van der Waals surface area (Å²) in [4.78, 5) is 3.84. The molecule has 0 aliphatic carbocycles. The summed E-state index contributed by atoms with van der Waals surface area (Å²) in [5, 5.41) is 17.6. The molecule has 1 aromatic heterocycles. The maximum Gasteiger partial charge on any atom is 0.490 e. The third kappa shape index (κ3) is 1.97. The Balaban J connectivity index is 3.05. The third-order valence-electron chi connectivity index (χ3n) is 1.35. The van der Waals surface area contributed by atoms with Gasteiger partial charge in [-0.25, -0.2) is 4.98 Å². The van der Waals surface area contributed by atoms with E-state index in [1.54, 1.807) is 0 Å². The Bertz CT molecular complexity index is 281. The van der Waals surface area contributed by atoms with E-state index in [-0.39, 0.29) is 0 Å². The second-order valence-corrected chi connectivity index (χ2v) is 2.89. The molecule has 1 heterocycles. The van der Waals surface area contributed by atoms with Gasteiger partial charge >= 0.3 is 7.12 Å². The van der Waals surface area contributed by atoms with Crippen LogP contribution in [-0.2, 0) is 0 Å². The van der Waals surface area contributed by atoms with E-state index >= 15 is 0 Å². The molecule has 64 valence electrons. The van der Waals surface area contributed by atoms with Gasteiger partial charge in [0.1, 0.15) is 4.60 Å². The van der Waals surface area contributed by atoms with E-state index in [9.17, 15) is 0 Å². The quantitative estimate of drug-likeness (QED) is 0.534. The number of nitrogens with zero attached hydrogens (tertiary/aromatic N) is 1. The van der Waals surface area contributed by atoms with Crippen molar-refractivity contribution in [3.8, 4) is 5.75 Å². The van der Waals surface area contributed by atoms with Crippen LogP contribution >= 0.6 is 15.9 Å². The summed E-state index contributed by atoms with van der Waals surface area (Å²) >= 11 is 3.14. The lowest BCUT2D eigenvalue weighted by Crippen LogP contribution is -2.30. The van der Waals surface area contributed by atoms with E-state index in [2.05, 4.69) is 20.9 Å². The minimum atomic E-state index is -1.51. The second-order valence-electron chi connectivity index (χ2n) is 2.14. The minimum absolute atomic E-state index is 0.301. The Morgan fingerprint density at radius 1 is 1.58 bits per heavy atom. The SMILES string of the molecule is COc1cc(B(O)O)cnc1Br. The summed E-state index contributed by atoms with van der Waals surface area (Å²) in [7, 11) is -0.0329. The number of rotatable bonds is 2. The molecule has 6 heteroatoms. The molecule has 0 aromatic carbocycles. The lowest BCUT2D eigenvalue weighted by atomic mass is 9.82. The van der Waals surface area contributed by atoms with Crippen molar-refractivity contribution in [2.24, 2.45) is 0 Å². The molecule has 0 atom stereocenters. The molecular weight excluding hydrogens is 225 g/mol. The fourth-order valence-electron chi connectivity index (χ4n) is 0.727. The molecule has 0 unspecified atom stereocenters. The van der Waals surface area contributed by atoms with Crippen LogP contribution in [0.4, 0.5) is 0 Å². The van der Waals surface area contributed by atoms with Gasteiger partial charge in [-0.1, -0.05) is 0 Å². The number of ether oxygens (including phenoxy) is 1. The smallest absolute Gasteiger partial charge is 0.490 e. The zero-order chi connectivity index (χ0) is 9.14. The van der Waals surface area contributed by atoms with Crippen LogP contribution in [-0.4, -0.2) is 29.3 Å². The van der Waals surface area contributed by atoms with Gasteiger partial charge in [0.2, 0.25) is 0 Å². The lowest BCUT2D eigenvalue weighted by molar-refractivity contribution is 0.407. The first-order valence-electron chi connectivity index (χ1n) is 3.20. The van der Waals surface area contributed by atoms with Gasteiger partial charge in [0.05, 0.1) is 7.11 Å². The largest absolute Gasteiger partial charge is 0.494 e. The van der Waals surface area contributed by atoms with E-state index in [4.69, 9.17) is 14.8 Å². The van der Waals surface area contributed by atoms with Gasteiger partial charge in [-0.05, 0) is 22.0 Å². The van der Waals surface area contributed by atoms with E-state index in [1.165, 1.54) is 19.4 Å². The molecule has 2 N–H and O–H groups in total. The molecule has 0 spiro atoms. The number of methoxy groups -OCH3 is 1. The standard InChI is InChI=1S/C6H7BBrNO3/c1-12-5-2-4(7(10)11)3-9-6(5)8/h2-3,10-11H,1H3. The zero-order valence-corrected chi connectivity index (χ0v) is 7.95. The van der Waals surface area contributed by atoms with Gasteiger partial charge < -0.3 is 14.8 Å². The Kier molecular flexibility index (Phi) is 3.08. The molecule has 0 fully saturated rings. The van der Waals surface area contributed by atoms with Crippen molar-refractivity contribution in [2.75, 3.05) is 7.11 Å². The molecule has 0 aliphatic heterocycles. The highest BCUT2D eigenvalue weighted by atomic mass is 79.9. The summed E-state index contributed by atoms with van der Waals surface area (Å²) in [5.41, 5.74) is 0.301. The highest BCUT2D eigenvalue weighted by Gasteiger charge is 2.13. The number of hydrogen-bond acceptors (Lipinski definition) is 4. The number of pyridine rings is 1. The molecule has 0 radical (unpaired) electrons. The van der Waals surface area contributed by atoms with Crippen molar-refractivity contribution >= 4 is 28.5 Å². The first kappa shape index (κ1) is 9.50. The predicted octanol–water partition coefficient (Wildman–Crippen LogP) is -0.468. The summed E-state index contributed by atoms with van der Waals surface area (Å²) in [5.74, 6) is 0.473. The maximum absolute atomic E-state index is 8.78. The molecule has 12 heavy (non-hydrogen) atoms. The van der Waals surface area contributed by atoms with Gasteiger partial charge in [0.15, 0.2) is 5.75 Å². The number of hydrogen-bond donors (Lipinski definition) is 2. The first-order valence-corrected chi connectivity index (χ1v) is 4.00. The van der Waals surface area contributed by atoms with E-state index in [0.717, 1.165) is 0 Å². The van der Waals surface area contributed by atoms with Crippen molar-refractivity contribution in [3.05, 3.63) is 16.9 Å². The topological polar surface area (TPSA) is 62.6 Å².